The van der Waals surface area contributed by atoms with Gasteiger partial charge in [0.2, 0.25) is 15.9 Å². The highest BCUT2D eigenvalue weighted by Crippen LogP contribution is 2.24. The summed E-state index contributed by atoms with van der Waals surface area (Å²) in [5, 5.41) is 0. The highest BCUT2D eigenvalue weighted by atomic mass is 32.2. The van der Waals surface area contributed by atoms with Gasteiger partial charge in [0.25, 0.3) is 0 Å². The van der Waals surface area contributed by atoms with E-state index in [-0.39, 0.29) is 16.5 Å². The molecule has 0 unspecified atom stereocenters. The van der Waals surface area contributed by atoms with Crippen LogP contribution in [0.1, 0.15) is 12.5 Å². The third-order valence-electron chi connectivity index (χ3n) is 3.47. The maximum Gasteiger partial charge on any atom is 0.245 e. The standard InChI is InChI=1S/C13H19N3O3S/c1-10-3-4-13(12(14)9-10)20(18,19)16-7-5-15(6-8-16)11(2)17/h3-4,9H,5-8,14H2,1-2H3. The lowest BCUT2D eigenvalue weighted by Crippen LogP contribution is -2.50. The van der Waals surface area contributed by atoms with E-state index >= 15 is 0 Å². The van der Waals surface area contributed by atoms with E-state index in [2.05, 4.69) is 0 Å². The van der Waals surface area contributed by atoms with Crippen LogP contribution in [-0.2, 0) is 14.8 Å². The maximum atomic E-state index is 12.5. The van der Waals surface area contributed by atoms with Crippen molar-refractivity contribution in [2.24, 2.45) is 0 Å². The van der Waals surface area contributed by atoms with E-state index in [1.807, 2.05) is 6.92 Å². The molecule has 0 aliphatic carbocycles. The van der Waals surface area contributed by atoms with Gasteiger partial charge < -0.3 is 10.6 Å². The zero-order chi connectivity index (χ0) is 14.9. The molecule has 0 aromatic heterocycles. The van der Waals surface area contributed by atoms with E-state index in [0.717, 1.165) is 5.56 Å². The van der Waals surface area contributed by atoms with Crippen LogP contribution in [-0.4, -0.2) is 49.7 Å². The highest BCUT2D eigenvalue weighted by Gasteiger charge is 2.30. The third-order valence-corrected chi connectivity index (χ3v) is 5.44. The van der Waals surface area contributed by atoms with E-state index in [9.17, 15) is 13.2 Å². The van der Waals surface area contributed by atoms with Crippen molar-refractivity contribution in [3.8, 4) is 0 Å². The summed E-state index contributed by atoms with van der Waals surface area (Å²) in [5.41, 5.74) is 7.00. The summed E-state index contributed by atoms with van der Waals surface area (Å²) >= 11 is 0. The number of piperazine rings is 1. The molecule has 0 spiro atoms. The number of nitrogen functional groups attached to an aromatic ring is 1. The van der Waals surface area contributed by atoms with Crippen LogP contribution < -0.4 is 5.73 Å². The predicted molar refractivity (Wildman–Crippen MR) is 76.6 cm³/mol. The SMILES string of the molecule is CC(=O)N1CCN(S(=O)(=O)c2ccc(C)cc2N)CC1. The van der Waals surface area contributed by atoms with Gasteiger partial charge in [0.05, 0.1) is 5.69 Å². The number of rotatable bonds is 2. The van der Waals surface area contributed by atoms with Crippen LogP contribution in [0.25, 0.3) is 0 Å². The summed E-state index contributed by atoms with van der Waals surface area (Å²) in [6.45, 7) is 4.78. The Balaban J connectivity index is 2.22. The Morgan fingerprint density at radius 3 is 2.30 bits per heavy atom. The average Bonchev–Trinajstić information content (AvgIpc) is 2.38. The molecule has 1 saturated heterocycles. The molecule has 1 aromatic carbocycles. The van der Waals surface area contributed by atoms with E-state index in [1.54, 1.807) is 17.0 Å². The molecule has 0 saturated carbocycles. The topological polar surface area (TPSA) is 83.7 Å². The largest absolute Gasteiger partial charge is 0.398 e. The van der Waals surface area contributed by atoms with Gasteiger partial charge in [0, 0.05) is 33.1 Å². The van der Waals surface area contributed by atoms with Gasteiger partial charge in [-0.1, -0.05) is 6.07 Å². The molecular weight excluding hydrogens is 278 g/mol. The second kappa shape index (κ2) is 5.41. The summed E-state index contributed by atoms with van der Waals surface area (Å²) in [4.78, 5) is 13.0. The first-order valence-electron chi connectivity index (χ1n) is 6.44. The van der Waals surface area contributed by atoms with Crippen molar-refractivity contribution in [2.45, 2.75) is 18.7 Å². The molecule has 0 atom stereocenters. The smallest absolute Gasteiger partial charge is 0.245 e. The molecule has 6 nitrogen and oxygen atoms in total. The molecule has 1 aliphatic rings. The zero-order valence-corrected chi connectivity index (χ0v) is 12.5. The molecule has 2 N–H and O–H groups in total. The fraction of sp³-hybridized carbons (Fsp3) is 0.462. The molecule has 110 valence electrons. The molecule has 1 fully saturated rings. The monoisotopic (exact) mass is 297 g/mol. The summed E-state index contributed by atoms with van der Waals surface area (Å²) in [6.07, 6.45) is 0. The molecule has 1 aliphatic heterocycles. The lowest BCUT2D eigenvalue weighted by molar-refractivity contribution is -0.129. The minimum Gasteiger partial charge on any atom is -0.398 e. The molecule has 1 aromatic rings. The second-order valence-corrected chi connectivity index (χ2v) is 6.86. The van der Waals surface area contributed by atoms with Crippen molar-refractivity contribution in [3.05, 3.63) is 23.8 Å². The quantitative estimate of drug-likeness (QED) is 0.802. The first-order chi connectivity index (χ1) is 9.32. The number of hydrogen-bond donors (Lipinski definition) is 1. The van der Waals surface area contributed by atoms with Crippen LogP contribution in [0.2, 0.25) is 0 Å². The number of nitrogens with zero attached hydrogens (tertiary/aromatic N) is 2. The summed E-state index contributed by atoms with van der Waals surface area (Å²) in [7, 11) is -3.59. The number of aryl methyl sites for hydroxylation is 1. The lowest BCUT2D eigenvalue weighted by atomic mass is 10.2. The average molecular weight is 297 g/mol. The molecule has 7 heteroatoms. The molecule has 20 heavy (non-hydrogen) atoms. The minimum absolute atomic E-state index is 0.0307. The second-order valence-electron chi connectivity index (χ2n) is 4.95. The van der Waals surface area contributed by atoms with Crippen molar-refractivity contribution < 1.29 is 13.2 Å². The fourth-order valence-electron chi connectivity index (χ4n) is 2.29. The first-order valence-corrected chi connectivity index (χ1v) is 7.88. The number of carbonyl (C=O) groups is 1. The normalized spacial score (nSPS) is 17.2. The summed E-state index contributed by atoms with van der Waals surface area (Å²) < 4.78 is 26.5. The Kier molecular flexibility index (Phi) is 4.01. The Hall–Kier alpha value is -1.60. The van der Waals surface area contributed by atoms with Gasteiger partial charge in [0.1, 0.15) is 4.90 Å². The maximum absolute atomic E-state index is 12.5. The van der Waals surface area contributed by atoms with Crippen LogP contribution in [0.4, 0.5) is 5.69 Å². The lowest BCUT2D eigenvalue weighted by Gasteiger charge is -2.33. The van der Waals surface area contributed by atoms with Gasteiger partial charge in [0.15, 0.2) is 0 Å². The third kappa shape index (κ3) is 2.78. The van der Waals surface area contributed by atoms with Crippen LogP contribution in [0.5, 0.6) is 0 Å². The fourth-order valence-corrected chi connectivity index (χ4v) is 3.80. The van der Waals surface area contributed by atoms with Gasteiger partial charge in [-0.25, -0.2) is 8.42 Å². The molecule has 0 bridgehead atoms. The van der Waals surface area contributed by atoms with Crippen molar-refractivity contribution >= 4 is 21.6 Å². The van der Waals surface area contributed by atoms with Crippen molar-refractivity contribution in [2.75, 3.05) is 31.9 Å². The summed E-state index contributed by atoms with van der Waals surface area (Å²) in [6, 6.07) is 4.92. The zero-order valence-electron chi connectivity index (χ0n) is 11.7. The van der Waals surface area contributed by atoms with Gasteiger partial charge in [-0.15, -0.1) is 0 Å². The number of carbonyl (C=O) groups excluding carboxylic acids is 1. The first kappa shape index (κ1) is 14.8. The van der Waals surface area contributed by atoms with Crippen LogP contribution in [0.3, 0.4) is 0 Å². The van der Waals surface area contributed by atoms with E-state index in [1.165, 1.54) is 17.3 Å². The number of hydrogen-bond acceptors (Lipinski definition) is 4. The Labute approximate surface area is 119 Å². The van der Waals surface area contributed by atoms with Gasteiger partial charge in [-0.2, -0.15) is 4.31 Å². The van der Waals surface area contributed by atoms with Gasteiger partial charge in [-0.3, -0.25) is 4.79 Å². The number of amides is 1. The Morgan fingerprint density at radius 1 is 1.20 bits per heavy atom. The van der Waals surface area contributed by atoms with Crippen LogP contribution in [0.15, 0.2) is 23.1 Å². The van der Waals surface area contributed by atoms with E-state index in [0.29, 0.717) is 26.2 Å². The van der Waals surface area contributed by atoms with Crippen molar-refractivity contribution in [1.82, 2.24) is 9.21 Å². The number of sulfonamides is 1. The molecule has 0 radical (unpaired) electrons. The van der Waals surface area contributed by atoms with Crippen molar-refractivity contribution in [3.63, 3.8) is 0 Å². The molecule has 2 rings (SSSR count). The molecule has 1 heterocycles. The van der Waals surface area contributed by atoms with E-state index in [4.69, 9.17) is 5.73 Å². The predicted octanol–water partition coefficient (Wildman–Crippen LogP) is 0.430. The number of nitrogens with two attached hydrogens (primary N) is 1. The number of anilines is 1. The Bertz CT molecular complexity index is 620. The van der Waals surface area contributed by atoms with Crippen LogP contribution >= 0.6 is 0 Å². The highest BCUT2D eigenvalue weighted by molar-refractivity contribution is 7.89. The van der Waals surface area contributed by atoms with E-state index < -0.39 is 10.0 Å². The summed E-state index contributed by atoms with van der Waals surface area (Å²) in [5.74, 6) is -0.0307. The molecular formula is C13H19N3O3S. The van der Waals surface area contributed by atoms with Crippen molar-refractivity contribution in [1.29, 1.82) is 0 Å². The Morgan fingerprint density at radius 2 is 1.80 bits per heavy atom. The molecule has 1 amide bonds. The van der Waals surface area contributed by atoms with Gasteiger partial charge >= 0.3 is 0 Å². The van der Waals surface area contributed by atoms with Gasteiger partial charge in [-0.05, 0) is 24.6 Å². The number of benzene rings is 1. The minimum atomic E-state index is -3.59. The van der Waals surface area contributed by atoms with Crippen LogP contribution in [0, 0.1) is 6.92 Å².